The van der Waals surface area contributed by atoms with Crippen molar-refractivity contribution in [3.63, 3.8) is 0 Å². The highest BCUT2D eigenvalue weighted by molar-refractivity contribution is 7.13. The summed E-state index contributed by atoms with van der Waals surface area (Å²) in [6.45, 7) is 4.36. The number of rotatable bonds is 3. The summed E-state index contributed by atoms with van der Waals surface area (Å²) < 4.78 is 2.29. The first-order chi connectivity index (χ1) is 12.4. The molecule has 7 nitrogen and oxygen atoms in total. The van der Waals surface area contributed by atoms with Gasteiger partial charge < -0.3 is 20.1 Å². The Morgan fingerprint density at radius 1 is 1.27 bits per heavy atom. The van der Waals surface area contributed by atoms with E-state index < -0.39 is 11.9 Å². The molecule has 1 saturated heterocycles. The van der Waals surface area contributed by atoms with Crippen molar-refractivity contribution in [2.75, 3.05) is 6.54 Å². The van der Waals surface area contributed by atoms with Crippen molar-refractivity contribution in [2.24, 2.45) is 0 Å². The monoisotopic (exact) mass is 381 g/mol. The maximum atomic E-state index is 9.00. The smallest absolute Gasteiger partial charge is 0.300 e. The molecule has 0 amide bonds. The van der Waals surface area contributed by atoms with Gasteiger partial charge in [0.2, 0.25) is 0 Å². The summed E-state index contributed by atoms with van der Waals surface area (Å²) in [5.41, 5.74) is 0. The summed E-state index contributed by atoms with van der Waals surface area (Å²) in [7, 11) is 0. The van der Waals surface area contributed by atoms with Crippen molar-refractivity contribution < 1.29 is 19.8 Å². The molecule has 0 radical (unpaired) electrons. The molecule has 26 heavy (non-hydrogen) atoms. The van der Waals surface area contributed by atoms with E-state index in [4.69, 9.17) is 19.8 Å². The second kappa shape index (κ2) is 12.2. The molecule has 8 heteroatoms. The number of hydrogen-bond donors (Lipinski definition) is 3. The van der Waals surface area contributed by atoms with Gasteiger partial charge in [0.1, 0.15) is 5.82 Å². The van der Waals surface area contributed by atoms with Gasteiger partial charge in [0.25, 0.3) is 11.9 Å². The van der Waals surface area contributed by atoms with Crippen LogP contribution in [-0.2, 0) is 16.1 Å². The lowest BCUT2D eigenvalue weighted by molar-refractivity contribution is -0.135. The molecule has 0 bridgehead atoms. The summed E-state index contributed by atoms with van der Waals surface area (Å²) in [5.74, 6) is -0.559. The van der Waals surface area contributed by atoms with Gasteiger partial charge >= 0.3 is 0 Å². The van der Waals surface area contributed by atoms with Gasteiger partial charge in [-0.25, -0.2) is 4.98 Å². The van der Waals surface area contributed by atoms with Crippen LogP contribution in [0.3, 0.4) is 0 Å². The molecule has 1 aliphatic heterocycles. The third-order valence-corrected chi connectivity index (χ3v) is 4.40. The standard InChI is InChI=1S/C14H19N3S.2C2H4O2/c1-2-5-12(15-7-3-1)11-17-9-8-16-14(17)13-6-4-10-18-13;2*1-2(3)4/h4,6,8-10,12,15H,1-3,5,7,11H2;2*1H3,(H,3,4). The van der Waals surface area contributed by atoms with E-state index in [1.165, 1.54) is 30.6 Å². The molecule has 2 aromatic heterocycles. The summed E-state index contributed by atoms with van der Waals surface area (Å²) in [6, 6.07) is 4.83. The van der Waals surface area contributed by atoms with Crippen LogP contribution in [0.15, 0.2) is 29.9 Å². The molecule has 3 heterocycles. The normalized spacial score (nSPS) is 16.3. The molecular weight excluding hydrogens is 354 g/mol. The Balaban J connectivity index is 0.000000360. The van der Waals surface area contributed by atoms with Gasteiger partial charge in [-0.1, -0.05) is 18.9 Å². The van der Waals surface area contributed by atoms with Gasteiger partial charge in [0.05, 0.1) is 4.88 Å². The maximum absolute atomic E-state index is 9.00. The zero-order valence-electron chi connectivity index (χ0n) is 15.2. The quantitative estimate of drug-likeness (QED) is 0.753. The molecule has 1 unspecified atom stereocenters. The fraction of sp³-hybridized carbons (Fsp3) is 0.500. The predicted octanol–water partition coefficient (Wildman–Crippen LogP) is 3.33. The van der Waals surface area contributed by atoms with Crippen LogP contribution >= 0.6 is 11.3 Å². The average molecular weight is 381 g/mol. The Labute approximate surface area is 157 Å². The largest absolute Gasteiger partial charge is 0.481 e. The van der Waals surface area contributed by atoms with Crippen LogP contribution in [0.1, 0.15) is 39.5 Å². The van der Waals surface area contributed by atoms with Crippen LogP contribution in [0.5, 0.6) is 0 Å². The summed E-state index contributed by atoms with van der Waals surface area (Å²) in [5, 5.41) is 20.6. The van der Waals surface area contributed by atoms with Gasteiger partial charge in [0.15, 0.2) is 0 Å². The highest BCUT2D eigenvalue weighted by Gasteiger charge is 2.14. The number of aliphatic carboxylic acids is 2. The van der Waals surface area contributed by atoms with E-state index >= 15 is 0 Å². The van der Waals surface area contributed by atoms with Crippen LogP contribution in [0, 0.1) is 0 Å². The predicted molar refractivity (Wildman–Crippen MR) is 102 cm³/mol. The van der Waals surface area contributed by atoms with Crippen molar-refractivity contribution in [1.29, 1.82) is 0 Å². The summed E-state index contributed by atoms with van der Waals surface area (Å²) >= 11 is 1.76. The molecule has 0 spiro atoms. The van der Waals surface area contributed by atoms with Gasteiger partial charge in [0, 0.05) is 38.8 Å². The second-order valence-corrected chi connectivity index (χ2v) is 6.87. The number of carboxylic acids is 2. The lowest BCUT2D eigenvalue weighted by Crippen LogP contribution is -2.32. The van der Waals surface area contributed by atoms with Crippen LogP contribution in [0.25, 0.3) is 10.7 Å². The maximum Gasteiger partial charge on any atom is 0.300 e. The first-order valence-electron chi connectivity index (χ1n) is 8.57. The average Bonchev–Trinajstić information content (AvgIpc) is 3.14. The highest BCUT2D eigenvalue weighted by Crippen LogP contribution is 2.23. The number of carbonyl (C=O) groups is 2. The molecule has 1 fully saturated rings. The Morgan fingerprint density at radius 3 is 2.58 bits per heavy atom. The Bertz CT molecular complexity index is 627. The first-order valence-corrected chi connectivity index (χ1v) is 9.45. The third kappa shape index (κ3) is 9.33. The zero-order valence-corrected chi connectivity index (χ0v) is 16.0. The van der Waals surface area contributed by atoms with E-state index in [-0.39, 0.29) is 0 Å². The van der Waals surface area contributed by atoms with Crippen LogP contribution in [0.2, 0.25) is 0 Å². The Hall–Kier alpha value is -2.19. The molecule has 1 aliphatic rings. The van der Waals surface area contributed by atoms with Crippen LogP contribution < -0.4 is 5.32 Å². The van der Waals surface area contributed by atoms with Gasteiger partial charge in [-0.2, -0.15) is 0 Å². The van der Waals surface area contributed by atoms with Crippen LogP contribution in [0.4, 0.5) is 0 Å². The topological polar surface area (TPSA) is 104 Å². The van der Waals surface area contributed by atoms with Crippen molar-refractivity contribution in [1.82, 2.24) is 14.9 Å². The molecule has 144 valence electrons. The minimum absolute atomic E-state index is 0.598. The van der Waals surface area contributed by atoms with Gasteiger partial charge in [-0.3, -0.25) is 9.59 Å². The number of nitrogens with one attached hydrogen (secondary N) is 1. The van der Waals surface area contributed by atoms with E-state index in [0.717, 1.165) is 32.8 Å². The zero-order chi connectivity index (χ0) is 19.4. The number of hydrogen-bond acceptors (Lipinski definition) is 5. The van der Waals surface area contributed by atoms with Crippen LogP contribution in [-0.4, -0.2) is 44.3 Å². The minimum Gasteiger partial charge on any atom is -0.481 e. The molecule has 1 atom stereocenters. The van der Waals surface area contributed by atoms with E-state index in [1.54, 1.807) is 11.3 Å². The number of nitrogens with zero attached hydrogens (tertiary/aromatic N) is 2. The lowest BCUT2D eigenvalue weighted by Gasteiger charge is -2.17. The van der Waals surface area contributed by atoms with E-state index in [0.29, 0.717) is 6.04 Å². The van der Waals surface area contributed by atoms with E-state index in [9.17, 15) is 0 Å². The number of aromatic nitrogens is 2. The molecule has 0 aromatic carbocycles. The number of imidazole rings is 1. The lowest BCUT2D eigenvalue weighted by atomic mass is 10.1. The molecule has 0 saturated carbocycles. The van der Waals surface area contributed by atoms with Crippen molar-refractivity contribution in [3.05, 3.63) is 29.9 Å². The molecule has 2 aromatic rings. The van der Waals surface area contributed by atoms with Gasteiger partial charge in [-0.15, -0.1) is 11.3 Å². The number of carboxylic acid groups (broad SMARTS) is 2. The third-order valence-electron chi connectivity index (χ3n) is 3.54. The molecule has 3 N–H and O–H groups in total. The molecule has 3 rings (SSSR count). The minimum atomic E-state index is -0.833. The fourth-order valence-electron chi connectivity index (χ4n) is 2.58. The first kappa shape index (κ1) is 21.9. The summed E-state index contributed by atoms with van der Waals surface area (Å²) in [4.78, 5) is 23.8. The van der Waals surface area contributed by atoms with Crippen molar-refractivity contribution >= 4 is 23.3 Å². The molecule has 0 aliphatic carbocycles. The summed E-state index contributed by atoms with van der Waals surface area (Å²) in [6.07, 6.45) is 9.32. The van der Waals surface area contributed by atoms with Gasteiger partial charge in [-0.05, 0) is 30.8 Å². The highest BCUT2D eigenvalue weighted by atomic mass is 32.1. The van der Waals surface area contributed by atoms with Crippen molar-refractivity contribution in [3.8, 4) is 10.7 Å². The van der Waals surface area contributed by atoms with E-state index in [2.05, 4.69) is 38.6 Å². The Morgan fingerprint density at radius 2 is 1.96 bits per heavy atom. The fourth-order valence-corrected chi connectivity index (χ4v) is 3.32. The Kier molecular flexibility index (Phi) is 10.3. The second-order valence-electron chi connectivity index (χ2n) is 5.92. The van der Waals surface area contributed by atoms with Crippen molar-refractivity contribution in [2.45, 2.75) is 52.1 Å². The molecular formula is C18H27N3O4S. The van der Waals surface area contributed by atoms with E-state index in [1.807, 2.05) is 6.20 Å². The number of thiophene rings is 1. The SMILES string of the molecule is CC(=O)O.CC(=O)O.c1csc(-c2nccn2CC2CCCCCN2)c1.